The van der Waals surface area contributed by atoms with Gasteiger partial charge in [-0.05, 0) is 49.6 Å². The van der Waals surface area contributed by atoms with Crippen LogP contribution in [-0.4, -0.2) is 47.8 Å². The Morgan fingerprint density at radius 1 is 1.13 bits per heavy atom. The molecule has 0 spiro atoms. The lowest BCUT2D eigenvalue weighted by Gasteiger charge is -2.17. The minimum atomic E-state index is -3.69. The van der Waals surface area contributed by atoms with Gasteiger partial charge in [-0.25, -0.2) is 13.4 Å². The maximum atomic E-state index is 12.8. The van der Waals surface area contributed by atoms with Gasteiger partial charge < -0.3 is 9.88 Å². The van der Waals surface area contributed by atoms with Crippen molar-refractivity contribution in [1.29, 1.82) is 0 Å². The summed E-state index contributed by atoms with van der Waals surface area (Å²) in [7, 11) is -3.69. The SMILES string of the molecule is O=C(NCCCn1cnc2ccccc21)c1ccc(Cl)c(S(=O)(=O)N2CCCC2)c1. The van der Waals surface area contributed by atoms with Gasteiger partial charge in [-0.1, -0.05) is 23.7 Å². The second-order valence-electron chi connectivity index (χ2n) is 7.29. The Kier molecular flexibility index (Phi) is 6.08. The number of carbonyl (C=O) groups excluding carboxylic acids is 1. The van der Waals surface area contributed by atoms with E-state index in [1.807, 2.05) is 28.8 Å². The molecule has 1 aromatic heterocycles. The number of aromatic nitrogens is 2. The molecule has 1 aliphatic rings. The molecule has 0 atom stereocenters. The van der Waals surface area contributed by atoms with Gasteiger partial charge in [0.2, 0.25) is 10.0 Å². The van der Waals surface area contributed by atoms with Crippen molar-refractivity contribution in [2.45, 2.75) is 30.7 Å². The highest BCUT2D eigenvalue weighted by molar-refractivity contribution is 7.89. The molecule has 0 bridgehead atoms. The second kappa shape index (κ2) is 8.75. The summed E-state index contributed by atoms with van der Waals surface area (Å²) in [5.74, 6) is -0.319. The number of nitrogens with one attached hydrogen (secondary N) is 1. The number of imidazole rings is 1. The minimum Gasteiger partial charge on any atom is -0.352 e. The molecule has 1 saturated heterocycles. The van der Waals surface area contributed by atoms with E-state index in [-0.39, 0.29) is 21.4 Å². The Hall–Kier alpha value is -2.42. The largest absolute Gasteiger partial charge is 0.352 e. The number of sulfonamides is 1. The summed E-state index contributed by atoms with van der Waals surface area (Å²) in [5, 5.41) is 2.98. The van der Waals surface area contributed by atoms with Crippen molar-refractivity contribution in [3.8, 4) is 0 Å². The summed E-state index contributed by atoms with van der Waals surface area (Å²) in [6, 6.07) is 12.3. The lowest BCUT2D eigenvalue weighted by Crippen LogP contribution is -2.29. The lowest BCUT2D eigenvalue weighted by molar-refractivity contribution is 0.0952. The second-order valence-corrected chi connectivity index (χ2v) is 9.61. The normalized spacial score (nSPS) is 15.0. The molecule has 2 heterocycles. The van der Waals surface area contributed by atoms with Crippen LogP contribution in [-0.2, 0) is 16.6 Å². The Morgan fingerprint density at radius 3 is 2.70 bits per heavy atom. The maximum Gasteiger partial charge on any atom is 0.251 e. The number of halogens is 1. The fourth-order valence-corrected chi connectivity index (χ4v) is 5.67. The summed E-state index contributed by atoms with van der Waals surface area (Å²) >= 11 is 6.15. The summed E-state index contributed by atoms with van der Waals surface area (Å²) in [4.78, 5) is 16.9. The van der Waals surface area contributed by atoms with E-state index < -0.39 is 10.0 Å². The monoisotopic (exact) mass is 446 g/mol. The highest BCUT2D eigenvalue weighted by Gasteiger charge is 2.29. The van der Waals surface area contributed by atoms with Gasteiger partial charge in [0, 0.05) is 31.7 Å². The van der Waals surface area contributed by atoms with E-state index in [9.17, 15) is 13.2 Å². The molecule has 0 aliphatic carbocycles. The number of hydrogen-bond donors (Lipinski definition) is 1. The van der Waals surface area contributed by atoms with Gasteiger partial charge in [-0.2, -0.15) is 4.31 Å². The number of fused-ring (bicyclic) bond motifs is 1. The fraction of sp³-hybridized carbons (Fsp3) is 0.333. The molecule has 1 aliphatic heterocycles. The number of para-hydroxylation sites is 2. The Morgan fingerprint density at radius 2 is 1.90 bits per heavy atom. The zero-order valence-corrected chi connectivity index (χ0v) is 18.0. The molecule has 0 unspecified atom stereocenters. The van der Waals surface area contributed by atoms with Crippen molar-refractivity contribution in [2.24, 2.45) is 0 Å². The van der Waals surface area contributed by atoms with Crippen molar-refractivity contribution < 1.29 is 13.2 Å². The van der Waals surface area contributed by atoms with Gasteiger partial charge >= 0.3 is 0 Å². The molecule has 1 N–H and O–H groups in total. The molecule has 2 aromatic carbocycles. The van der Waals surface area contributed by atoms with Crippen LogP contribution in [0.4, 0.5) is 0 Å². The van der Waals surface area contributed by atoms with E-state index in [0.29, 0.717) is 19.6 Å². The summed E-state index contributed by atoms with van der Waals surface area (Å²) in [6.07, 6.45) is 4.19. The molecular weight excluding hydrogens is 424 g/mol. The number of amides is 1. The molecule has 9 heteroatoms. The van der Waals surface area contributed by atoms with Crippen molar-refractivity contribution in [3.63, 3.8) is 0 Å². The van der Waals surface area contributed by atoms with Crippen molar-refractivity contribution >= 4 is 38.6 Å². The first kappa shape index (κ1) is 20.8. The maximum absolute atomic E-state index is 12.8. The number of aryl methyl sites for hydroxylation is 1. The highest BCUT2D eigenvalue weighted by Crippen LogP contribution is 2.28. The van der Waals surface area contributed by atoms with Crippen molar-refractivity contribution in [1.82, 2.24) is 19.2 Å². The lowest BCUT2D eigenvalue weighted by atomic mass is 10.2. The van der Waals surface area contributed by atoms with Crippen molar-refractivity contribution in [2.75, 3.05) is 19.6 Å². The molecule has 1 fully saturated rings. The standard InChI is InChI=1S/C21H23ClN4O3S/c22-17-9-8-16(14-20(17)30(28,29)26-12-3-4-13-26)21(27)23-10-5-11-25-15-24-18-6-1-2-7-19(18)25/h1-2,6-9,14-15H,3-5,10-13H2,(H,23,27). The van der Waals surface area contributed by atoms with Gasteiger partial charge in [-0.15, -0.1) is 0 Å². The van der Waals surface area contributed by atoms with Crippen LogP contribution in [0.5, 0.6) is 0 Å². The number of rotatable bonds is 7. The number of nitrogens with zero attached hydrogens (tertiary/aromatic N) is 3. The Bertz CT molecular complexity index is 1170. The third kappa shape index (κ3) is 4.21. The molecule has 158 valence electrons. The molecule has 0 saturated carbocycles. The van der Waals surface area contributed by atoms with Crippen LogP contribution in [0.2, 0.25) is 5.02 Å². The fourth-order valence-electron chi connectivity index (χ4n) is 3.65. The van der Waals surface area contributed by atoms with E-state index in [1.54, 1.807) is 12.4 Å². The predicted octanol–water partition coefficient (Wildman–Crippen LogP) is 3.29. The van der Waals surface area contributed by atoms with Gasteiger partial charge in [-0.3, -0.25) is 4.79 Å². The number of carbonyl (C=O) groups is 1. The van der Waals surface area contributed by atoms with Gasteiger partial charge in [0.05, 0.1) is 22.4 Å². The average molecular weight is 447 g/mol. The zero-order valence-electron chi connectivity index (χ0n) is 16.4. The summed E-state index contributed by atoms with van der Waals surface area (Å²) in [5.41, 5.74) is 2.28. The van der Waals surface area contributed by atoms with Gasteiger partial charge in [0.1, 0.15) is 4.90 Å². The van der Waals surface area contributed by atoms with E-state index in [2.05, 4.69) is 10.3 Å². The van der Waals surface area contributed by atoms with Crippen LogP contribution in [0.3, 0.4) is 0 Å². The number of hydrogen-bond acceptors (Lipinski definition) is 4. The van der Waals surface area contributed by atoms with Gasteiger partial charge in [0.25, 0.3) is 5.91 Å². The third-order valence-corrected chi connectivity index (χ3v) is 7.65. The van der Waals surface area contributed by atoms with Crippen LogP contribution in [0, 0.1) is 0 Å². The van der Waals surface area contributed by atoms with Crippen molar-refractivity contribution in [3.05, 3.63) is 59.4 Å². The molecule has 0 radical (unpaired) electrons. The zero-order chi connectivity index (χ0) is 21.1. The Labute approximate surface area is 180 Å². The quantitative estimate of drug-likeness (QED) is 0.564. The summed E-state index contributed by atoms with van der Waals surface area (Å²) < 4.78 is 29.1. The van der Waals surface area contributed by atoms with Crippen LogP contribution in [0.15, 0.2) is 53.7 Å². The molecule has 4 rings (SSSR count). The third-order valence-electron chi connectivity index (χ3n) is 5.26. The predicted molar refractivity (Wildman–Crippen MR) is 116 cm³/mol. The first-order valence-electron chi connectivity index (χ1n) is 9.94. The molecular formula is C21H23ClN4O3S. The van der Waals surface area contributed by atoms with Crippen LogP contribution >= 0.6 is 11.6 Å². The first-order valence-corrected chi connectivity index (χ1v) is 11.8. The highest BCUT2D eigenvalue weighted by atomic mass is 35.5. The van der Waals surface area contributed by atoms with E-state index in [4.69, 9.17) is 11.6 Å². The van der Waals surface area contributed by atoms with Crippen LogP contribution in [0.1, 0.15) is 29.6 Å². The topological polar surface area (TPSA) is 84.3 Å². The van der Waals surface area contributed by atoms with E-state index in [0.717, 1.165) is 36.8 Å². The molecule has 3 aromatic rings. The molecule has 1 amide bonds. The average Bonchev–Trinajstić information content (AvgIpc) is 3.42. The van der Waals surface area contributed by atoms with Crippen LogP contribution < -0.4 is 5.32 Å². The van der Waals surface area contributed by atoms with Gasteiger partial charge in [0.15, 0.2) is 0 Å². The van der Waals surface area contributed by atoms with E-state index in [1.165, 1.54) is 16.4 Å². The molecule has 30 heavy (non-hydrogen) atoms. The van der Waals surface area contributed by atoms with E-state index >= 15 is 0 Å². The molecule has 7 nitrogen and oxygen atoms in total. The van der Waals surface area contributed by atoms with Crippen LogP contribution in [0.25, 0.3) is 11.0 Å². The number of benzene rings is 2. The Balaban J connectivity index is 1.39. The first-order chi connectivity index (χ1) is 14.5. The summed E-state index contributed by atoms with van der Waals surface area (Å²) in [6.45, 7) is 2.15. The smallest absolute Gasteiger partial charge is 0.251 e. The minimum absolute atomic E-state index is 0.0106.